The van der Waals surface area contributed by atoms with Crippen LogP contribution in [0.25, 0.3) is 0 Å². The van der Waals surface area contributed by atoms with Crippen LogP contribution in [0.3, 0.4) is 0 Å². The monoisotopic (exact) mass is 253 g/mol. The molecule has 1 saturated carbocycles. The van der Waals surface area contributed by atoms with Gasteiger partial charge >= 0.3 is 0 Å². The first-order chi connectivity index (χ1) is 8.69. The molecule has 0 aromatic heterocycles. The van der Waals surface area contributed by atoms with E-state index in [9.17, 15) is 4.79 Å². The molecule has 0 aromatic rings. The van der Waals surface area contributed by atoms with Gasteiger partial charge in [-0.3, -0.25) is 4.79 Å². The van der Waals surface area contributed by atoms with Gasteiger partial charge in [-0.25, -0.2) is 0 Å². The lowest BCUT2D eigenvalue weighted by Crippen LogP contribution is -2.50. The normalized spacial score (nSPS) is 25.2. The van der Waals surface area contributed by atoms with Crippen LogP contribution < -0.4 is 10.6 Å². The molecule has 0 heterocycles. The third kappa shape index (κ3) is 4.63. The predicted octanol–water partition coefficient (Wildman–Crippen LogP) is 0.809. The molecule has 0 aromatic carbocycles. The third-order valence-corrected chi connectivity index (χ3v) is 3.39. The second-order valence-corrected chi connectivity index (χ2v) is 4.80. The molecule has 0 bridgehead atoms. The number of carbonyl (C=O) groups excluding carboxylic acids is 1. The van der Waals surface area contributed by atoms with Crippen LogP contribution in [-0.4, -0.2) is 38.3 Å². The van der Waals surface area contributed by atoms with Crippen molar-refractivity contribution >= 4 is 5.91 Å². The fourth-order valence-corrected chi connectivity index (χ4v) is 2.31. The number of nitrogens with one attached hydrogen (secondary N) is 2. The molecule has 102 valence electrons. The second-order valence-electron chi connectivity index (χ2n) is 4.80. The van der Waals surface area contributed by atoms with Crippen molar-refractivity contribution in [2.24, 2.45) is 5.92 Å². The Morgan fingerprint density at radius 3 is 2.89 bits per heavy atom. The van der Waals surface area contributed by atoms with Crippen LogP contribution in [0.4, 0.5) is 0 Å². The first-order valence-corrected chi connectivity index (χ1v) is 6.61. The van der Waals surface area contributed by atoms with Crippen molar-refractivity contribution in [3.8, 4) is 6.07 Å². The van der Waals surface area contributed by atoms with Crippen LogP contribution in [0.5, 0.6) is 0 Å². The number of nitriles is 1. The van der Waals surface area contributed by atoms with Crippen LogP contribution in [0.1, 0.15) is 32.6 Å². The summed E-state index contributed by atoms with van der Waals surface area (Å²) in [5.74, 6) is 0.00212. The van der Waals surface area contributed by atoms with Crippen molar-refractivity contribution in [2.45, 2.75) is 44.7 Å². The minimum Gasteiger partial charge on any atom is -0.383 e. The van der Waals surface area contributed by atoms with E-state index in [1.54, 1.807) is 7.11 Å². The van der Waals surface area contributed by atoms with Crippen molar-refractivity contribution < 1.29 is 9.53 Å². The van der Waals surface area contributed by atoms with Gasteiger partial charge in [-0.2, -0.15) is 5.26 Å². The highest BCUT2D eigenvalue weighted by atomic mass is 16.5. The van der Waals surface area contributed by atoms with Gasteiger partial charge in [0.1, 0.15) is 0 Å². The SMILES string of the molecule is COCCNC(=O)C(C)NC1CCCCC1C#N. The van der Waals surface area contributed by atoms with Gasteiger partial charge in [0, 0.05) is 19.7 Å². The minimum absolute atomic E-state index is 0.0330. The summed E-state index contributed by atoms with van der Waals surface area (Å²) in [5, 5.41) is 15.1. The summed E-state index contributed by atoms with van der Waals surface area (Å²) in [5.41, 5.74) is 0. The zero-order chi connectivity index (χ0) is 13.4. The first-order valence-electron chi connectivity index (χ1n) is 6.61. The zero-order valence-electron chi connectivity index (χ0n) is 11.2. The molecular weight excluding hydrogens is 230 g/mol. The number of carbonyl (C=O) groups is 1. The Labute approximate surface area is 109 Å². The Bertz CT molecular complexity index is 301. The molecule has 5 nitrogen and oxygen atoms in total. The Kier molecular flexibility index (Phi) is 6.69. The highest BCUT2D eigenvalue weighted by Crippen LogP contribution is 2.24. The Balaban J connectivity index is 2.35. The molecule has 1 aliphatic carbocycles. The second kappa shape index (κ2) is 8.06. The van der Waals surface area contributed by atoms with E-state index in [4.69, 9.17) is 10.00 Å². The molecule has 0 radical (unpaired) electrons. The van der Waals surface area contributed by atoms with Crippen LogP contribution in [0, 0.1) is 17.2 Å². The zero-order valence-corrected chi connectivity index (χ0v) is 11.2. The van der Waals surface area contributed by atoms with Gasteiger partial charge in [0.2, 0.25) is 5.91 Å². The van der Waals surface area contributed by atoms with E-state index < -0.39 is 0 Å². The lowest BCUT2D eigenvalue weighted by molar-refractivity contribution is -0.123. The molecule has 3 atom stereocenters. The topological polar surface area (TPSA) is 74.2 Å². The molecule has 3 unspecified atom stereocenters. The van der Waals surface area contributed by atoms with Gasteiger partial charge in [0.15, 0.2) is 0 Å². The molecule has 1 rings (SSSR count). The van der Waals surface area contributed by atoms with E-state index in [0.29, 0.717) is 13.2 Å². The predicted molar refractivity (Wildman–Crippen MR) is 68.8 cm³/mol. The number of hydrogen-bond acceptors (Lipinski definition) is 4. The van der Waals surface area contributed by atoms with Gasteiger partial charge < -0.3 is 15.4 Å². The number of amides is 1. The summed E-state index contributed by atoms with van der Waals surface area (Å²) < 4.78 is 4.88. The summed E-state index contributed by atoms with van der Waals surface area (Å²) in [6.07, 6.45) is 4.17. The van der Waals surface area contributed by atoms with Crippen LogP contribution >= 0.6 is 0 Å². The Morgan fingerprint density at radius 1 is 1.50 bits per heavy atom. The number of nitrogens with zero attached hydrogens (tertiary/aromatic N) is 1. The van der Waals surface area contributed by atoms with E-state index in [1.807, 2.05) is 6.92 Å². The summed E-state index contributed by atoms with van der Waals surface area (Å²) >= 11 is 0. The number of rotatable bonds is 6. The van der Waals surface area contributed by atoms with Gasteiger partial charge in [-0.05, 0) is 19.8 Å². The number of hydrogen-bond donors (Lipinski definition) is 2. The smallest absolute Gasteiger partial charge is 0.236 e. The molecule has 0 aliphatic heterocycles. The van der Waals surface area contributed by atoms with Gasteiger partial charge in [0.25, 0.3) is 0 Å². The van der Waals surface area contributed by atoms with Gasteiger partial charge in [-0.15, -0.1) is 0 Å². The summed E-state index contributed by atoms with van der Waals surface area (Å²) in [7, 11) is 1.60. The maximum Gasteiger partial charge on any atom is 0.236 e. The van der Waals surface area contributed by atoms with Gasteiger partial charge in [-0.1, -0.05) is 12.8 Å². The van der Waals surface area contributed by atoms with Crippen molar-refractivity contribution in [1.82, 2.24) is 10.6 Å². The Morgan fingerprint density at radius 2 is 2.22 bits per heavy atom. The lowest BCUT2D eigenvalue weighted by Gasteiger charge is -2.30. The minimum atomic E-state index is -0.263. The van der Waals surface area contributed by atoms with Crippen molar-refractivity contribution in [3.05, 3.63) is 0 Å². The van der Waals surface area contributed by atoms with E-state index in [2.05, 4.69) is 16.7 Å². The van der Waals surface area contributed by atoms with E-state index in [1.165, 1.54) is 0 Å². The lowest BCUT2D eigenvalue weighted by atomic mass is 9.85. The standard InChI is InChI=1S/C13H23N3O2/c1-10(13(17)15-7-8-18-2)16-12-6-4-3-5-11(12)9-14/h10-12,16H,3-8H2,1-2H3,(H,15,17). The molecule has 0 spiro atoms. The molecular formula is C13H23N3O2. The molecule has 1 aliphatic rings. The molecule has 5 heteroatoms. The quantitative estimate of drug-likeness (QED) is 0.687. The number of methoxy groups -OCH3 is 1. The van der Waals surface area contributed by atoms with E-state index >= 15 is 0 Å². The van der Waals surface area contributed by atoms with Crippen LogP contribution in [-0.2, 0) is 9.53 Å². The third-order valence-electron chi connectivity index (χ3n) is 3.39. The molecule has 1 amide bonds. The molecule has 18 heavy (non-hydrogen) atoms. The molecule has 0 saturated heterocycles. The van der Waals surface area contributed by atoms with E-state index in [-0.39, 0.29) is 23.9 Å². The van der Waals surface area contributed by atoms with Crippen LogP contribution in [0.15, 0.2) is 0 Å². The first kappa shape index (κ1) is 14.9. The Hall–Kier alpha value is -1.12. The van der Waals surface area contributed by atoms with Gasteiger partial charge in [0.05, 0.1) is 24.6 Å². The van der Waals surface area contributed by atoms with Crippen LogP contribution in [0.2, 0.25) is 0 Å². The molecule has 1 fully saturated rings. The highest BCUT2D eigenvalue weighted by Gasteiger charge is 2.27. The van der Waals surface area contributed by atoms with Crippen molar-refractivity contribution in [1.29, 1.82) is 5.26 Å². The maximum absolute atomic E-state index is 11.8. The fraction of sp³-hybridized carbons (Fsp3) is 0.846. The van der Waals surface area contributed by atoms with Crippen molar-refractivity contribution in [2.75, 3.05) is 20.3 Å². The highest BCUT2D eigenvalue weighted by molar-refractivity contribution is 5.81. The molecule has 2 N–H and O–H groups in total. The maximum atomic E-state index is 11.8. The fourth-order valence-electron chi connectivity index (χ4n) is 2.31. The summed E-state index contributed by atoms with van der Waals surface area (Å²) in [6, 6.07) is 2.22. The van der Waals surface area contributed by atoms with E-state index in [0.717, 1.165) is 25.7 Å². The summed E-state index contributed by atoms with van der Waals surface area (Å²) in [4.78, 5) is 11.8. The summed E-state index contributed by atoms with van der Waals surface area (Å²) in [6.45, 7) is 2.88. The van der Waals surface area contributed by atoms with Crippen molar-refractivity contribution in [3.63, 3.8) is 0 Å². The average molecular weight is 253 g/mol. The largest absolute Gasteiger partial charge is 0.383 e. The number of ether oxygens (including phenoxy) is 1. The average Bonchev–Trinajstić information content (AvgIpc) is 2.39.